The lowest BCUT2D eigenvalue weighted by molar-refractivity contribution is 0.241. The third kappa shape index (κ3) is 8.12. The molecule has 0 radical (unpaired) electrons. The van der Waals surface area contributed by atoms with Crippen LogP contribution >= 0.6 is 11.8 Å². The highest BCUT2D eigenvalue weighted by molar-refractivity contribution is 7.98. The second kappa shape index (κ2) is 9.49. The van der Waals surface area contributed by atoms with Crippen molar-refractivity contribution in [2.45, 2.75) is 45.7 Å². The standard InChI is InChI=1S/C12H28N2S/c1-6-13-11(2)7-9-14(4)12(3)8-10-15-5/h11-13H,6-10H2,1-5H3. The Morgan fingerprint density at radius 3 is 2.47 bits per heavy atom. The lowest BCUT2D eigenvalue weighted by atomic mass is 10.2. The minimum absolute atomic E-state index is 0.644. The fraction of sp³-hybridized carbons (Fsp3) is 1.00. The molecule has 0 aromatic carbocycles. The molecule has 0 aliphatic carbocycles. The zero-order valence-corrected chi connectivity index (χ0v) is 11.9. The molecule has 0 amide bonds. The van der Waals surface area contributed by atoms with Crippen LogP contribution in [0, 0.1) is 0 Å². The number of hydrogen-bond donors (Lipinski definition) is 1. The summed E-state index contributed by atoms with van der Waals surface area (Å²) in [5.41, 5.74) is 0. The topological polar surface area (TPSA) is 15.3 Å². The number of rotatable bonds is 9. The van der Waals surface area contributed by atoms with Crippen LogP contribution in [0.5, 0.6) is 0 Å². The predicted molar refractivity (Wildman–Crippen MR) is 72.8 cm³/mol. The molecule has 0 aromatic heterocycles. The molecule has 0 bridgehead atoms. The summed E-state index contributed by atoms with van der Waals surface area (Å²) < 4.78 is 0. The van der Waals surface area contributed by atoms with Gasteiger partial charge in [-0.3, -0.25) is 0 Å². The summed E-state index contributed by atoms with van der Waals surface area (Å²) in [6.45, 7) is 9.04. The van der Waals surface area contributed by atoms with Crippen LogP contribution in [0.3, 0.4) is 0 Å². The third-order valence-electron chi connectivity index (χ3n) is 2.96. The van der Waals surface area contributed by atoms with Gasteiger partial charge in [-0.05, 0) is 58.8 Å². The molecule has 15 heavy (non-hydrogen) atoms. The zero-order valence-electron chi connectivity index (χ0n) is 11.0. The van der Waals surface area contributed by atoms with Gasteiger partial charge in [0.25, 0.3) is 0 Å². The molecule has 0 heterocycles. The summed E-state index contributed by atoms with van der Waals surface area (Å²) >= 11 is 1.94. The van der Waals surface area contributed by atoms with Gasteiger partial charge in [0, 0.05) is 12.1 Å². The Bertz CT molecular complexity index is 142. The largest absolute Gasteiger partial charge is 0.314 e. The Kier molecular flexibility index (Phi) is 9.66. The number of hydrogen-bond acceptors (Lipinski definition) is 3. The number of nitrogens with zero attached hydrogens (tertiary/aromatic N) is 1. The zero-order chi connectivity index (χ0) is 11.7. The van der Waals surface area contributed by atoms with Crippen molar-refractivity contribution >= 4 is 11.8 Å². The van der Waals surface area contributed by atoms with Crippen molar-refractivity contribution in [1.29, 1.82) is 0 Å². The molecule has 2 atom stereocenters. The van der Waals surface area contributed by atoms with E-state index in [-0.39, 0.29) is 0 Å². The van der Waals surface area contributed by atoms with Crippen LogP contribution in [0.1, 0.15) is 33.6 Å². The van der Waals surface area contributed by atoms with Gasteiger partial charge in [0.2, 0.25) is 0 Å². The third-order valence-corrected chi connectivity index (χ3v) is 3.60. The molecule has 1 N–H and O–H groups in total. The average molecular weight is 232 g/mol. The van der Waals surface area contributed by atoms with Gasteiger partial charge >= 0.3 is 0 Å². The Morgan fingerprint density at radius 2 is 1.93 bits per heavy atom. The van der Waals surface area contributed by atoms with E-state index in [1.165, 1.54) is 25.1 Å². The summed E-state index contributed by atoms with van der Waals surface area (Å²) in [7, 11) is 2.24. The van der Waals surface area contributed by atoms with Crippen LogP contribution < -0.4 is 5.32 Å². The van der Waals surface area contributed by atoms with Crippen molar-refractivity contribution in [3.05, 3.63) is 0 Å². The van der Waals surface area contributed by atoms with E-state index >= 15 is 0 Å². The summed E-state index contributed by atoms with van der Waals surface area (Å²) in [4.78, 5) is 2.48. The van der Waals surface area contributed by atoms with Crippen molar-refractivity contribution in [1.82, 2.24) is 10.2 Å². The van der Waals surface area contributed by atoms with Crippen molar-refractivity contribution in [3.8, 4) is 0 Å². The molecule has 92 valence electrons. The molecule has 2 unspecified atom stereocenters. The summed E-state index contributed by atoms with van der Waals surface area (Å²) in [5.74, 6) is 1.27. The molecule has 0 rings (SSSR count). The highest BCUT2D eigenvalue weighted by Crippen LogP contribution is 2.07. The first kappa shape index (κ1) is 15.3. The second-order valence-corrected chi connectivity index (χ2v) is 5.34. The predicted octanol–water partition coefficient (Wildman–Crippen LogP) is 2.45. The number of nitrogens with one attached hydrogen (secondary N) is 1. The van der Waals surface area contributed by atoms with E-state index in [2.05, 4.69) is 44.3 Å². The fourth-order valence-electron chi connectivity index (χ4n) is 1.58. The molecular formula is C12H28N2S. The van der Waals surface area contributed by atoms with Gasteiger partial charge in [0.05, 0.1) is 0 Å². The smallest absolute Gasteiger partial charge is 0.00717 e. The van der Waals surface area contributed by atoms with Crippen molar-refractivity contribution < 1.29 is 0 Å². The lowest BCUT2D eigenvalue weighted by Gasteiger charge is -2.26. The molecule has 0 aromatic rings. The molecule has 0 spiro atoms. The van der Waals surface area contributed by atoms with Crippen LogP contribution in [0.25, 0.3) is 0 Å². The minimum Gasteiger partial charge on any atom is -0.314 e. The summed E-state index contributed by atoms with van der Waals surface area (Å²) in [6.07, 6.45) is 4.72. The van der Waals surface area contributed by atoms with Gasteiger partial charge in [0.1, 0.15) is 0 Å². The second-order valence-electron chi connectivity index (χ2n) is 4.36. The van der Waals surface area contributed by atoms with Gasteiger partial charge in [-0.25, -0.2) is 0 Å². The maximum Gasteiger partial charge on any atom is 0.00717 e. The molecular weight excluding hydrogens is 204 g/mol. The molecule has 3 heteroatoms. The van der Waals surface area contributed by atoms with Crippen LogP contribution in [0.4, 0.5) is 0 Å². The first-order valence-electron chi connectivity index (χ1n) is 6.04. The first-order valence-corrected chi connectivity index (χ1v) is 7.43. The summed E-state index contributed by atoms with van der Waals surface area (Å²) in [6, 6.07) is 1.36. The molecule has 0 aliphatic heterocycles. The van der Waals surface area contributed by atoms with E-state index in [0.29, 0.717) is 12.1 Å². The van der Waals surface area contributed by atoms with Crippen LogP contribution in [0.2, 0.25) is 0 Å². The molecule has 2 nitrogen and oxygen atoms in total. The van der Waals surface area contributed by atoms with Crippen LogP contribution in [-0.2, 0) is 0 Å². The maximum absolute atomic E-state index is 3.45. The van der Waals surface area contributed by atoms with E-state index in [9.17, 15) is 0 Å². The van der Waals surface area contributed by atoms with E-state index in [4.69, 9.17) is 0 Å². The van der Waals surface area contributed by atoms with Crippen molar-refractivity contribution in [3.63, 3.8) is 0 Å². The first-order chi connectivity index (χ1) is 7.11. The fourth-order valence-corrected chi connectivity index (χ4v) is 2.15. The highest BCUT2D eigenvalue weighted by atomic mass is 32.2. The van der Waals surface area contributed by atoms with Gasteiger partial charge in [-0.1, -0.05) is 6.92 Å². The van der Waals surface area contributed by atoms with Gasteiger partial charge < -0.3 is 10.2 Å². The van der Waals surface area contributed by atoms with Crippen LogP contribution in [-0.4, -0.2) is 49.1 Å². The van der Waals surface area contributed by atoms with E-state index in [1.807, 2.05) is 11.8 Å². The Morgan fingerprint density at radius 1 is 1.27 bits per heavy atom. The Hall–Kier alpha value is 0.270. The monoisotopic (exact) mass is 232 g/mol. The van der Waals surface area contributed by atoms with Crippen LogP contribution in [0.15, 0.2) is 0 Å². The SMILES string of the molecule is CCNC(C)CCN(C)C(C)CCSC. The molecule has 0 aliphatic rings. The van der Waals surface area contributed by atoms with Gasteiger partial charge in [0.15, 0.2) is 0 Å². The molecule has 0 saturated carbocycles. The Labute approximate surface area is 100 Å². The quantitative estimate of drug-likeness (QED) is 0.657. The molecule has 0 fully saturated rings. The average Bonchev–Trinajstić information content (AvgIpc) is 2.22. The van der Waals surface area contributed by atoms with Crippen molar-refractivity contribution in [2.75, 3.05) is 32.1 Å². The maximum atomic E-state index is 3.45. The number of thioether (sulfide) groups is 1. The summed E-state index contributed by atoms with van der Waals surface area (Å²) in [5, 5.41) is 3.45. The van der Waals surface area contributed by atoms with Gasteiger partial charge in [-0.15, -0.1) is 0 Å². The minimum atomic E-state index is 0.644. The Balaban J connectivity index is 3.57. The van der Waals surface area contributed by atoms with E-state index in [0.717, 1.165) is 6.54 Å². The highest BCUT2D eigenvalue weighted by Gasteiger charge is 2.09. The normalized spacial score (nSPS) is 15.6. The van der Waals surface area contributed by atoms with Gasteiger partial charge in [-0.2, -0.15) is 11.8 Å². The van der Waals surface area contributed by atoms with E-state index in [1.54, 1.807) is 0 Å². The molecule has 0 saturated heterocycles. The van der Waals surface area contributed by atoms with Crippen molar-refractivity contribution in [2.24, 2.45) is 0 Å². The lowest BCUT2D eigenvalue weighted by Crippen LogP contribution is -2.35. The van der Waals surface area contributed by atoms with E-state index < -0.39 is 0 Å².